The first-order valence-corrected chi connectivity index (χ1v) is 19.2. The molecule has 0 fully saturated rings. The third kappa shape index (κ3) is 5.86. The van der Waals surface area contributed by atoms with E-state index in [0.717, 1.165) is 39.2 Å². The highest BCUT2D eigenvalue weighted by Gasteiger charge is 2.26. The molecule has 1 N–H and O–H groups in total. The Morgan fingerprint density at radius 2 is 1.07 bits per heavy atom. The van der Waals surface area contributed by atoms with Crippen molar-refractivity contribution in [2.45, 2.75) is 6.17 Å². The average molecular weight is 730 g/mol. The van der Waals surface area contributed by atoms with E-state index >= 15 is 0 Å². The number of fused-ring (bicyclic) bond motifs is 4. The smallest absolute Gasteiger partial charge is 0.159 e. The van der Waals surface area contributed by atoms with Crippen molar-refractivity contribution in [2.75, 3.05) is 0 Å². The molecule has 9 aromatic rings. The molecule has 5 heteroatoms. The molecule has 1 atom stereocenters. The second-order valence-electron chi connectivity index (χ2n) is 13.5. The molecule has 8 aromatic carbocycles. The van der Waals surface area contributed by atoms with Crippen molar-refractivity contribution in [3.8, 4) is 33.4 Å². The Labute approximate surface area is 322 Å². The minimum absolute atomic E-state index is 0.427. The minimum atomic E-state index is -0.427. The third-order valence-electron chi connectivity index (χ3n) is 10.2. The summed E-state index contributed by atoms with van der Waals surface area (Å²) in [5.74, 6) is 1.45. The Kier molecular flexibility index (Phi) is 8.13. The predicted molar refractivity (Wildman–Crippen MR) is 230 cm³/mol. The fourth-order valence-electron chi connectivity index (χ4n) is 7.59. The van der Waals surface area contributed by atoms with Gasteiger partial charge >= 0.3 is 0 Å². The van der Waals surface area contributed by atoms with Gasteiger partial charge in [0, 0.05) is 41.9 Å². The summed E-state index contributed by atoms with van der Waals surface area (Å²) < 4.78 is 2.51. The lowest BCUT2D eigenvalue weighted by Gasteiger charge is -2.26. The lowest BCUT2D eigenvalue weighted by molar-refractivity contribution is 0.676. The van der Waals surface area contributed by atoms with E-state index in [1.807, 2.05) is 41.7 Å². The third-order valence-corrected chi connectivity index (χ3v) is 11.6. The van der Waals surface area contributed by atoms with Crippen molar-refractivity contribution >= 4 is 65.6 Å². The van der Waals surface area contributed by atoms with Crippen LogP contribution in [0.25, 0.3) is 64.3 Å². The number of thiophene rings is 1. The van der Waals surface area contributed by atoms with Crippen molar-refractivity contribution in [3.63, 3.8) is 0 Å². The summed E-state index contributed by atoms with van der Waals surface area (Å²) in [4.78, 5) is 10.5. The fourth-order valence-corrected chi connectivity index (χ4v) is 8.93. The quantitative estimate of drug-likeness (QED) is 0.182. The summed E-state index contributed by atoms with van der Waals surface area (Å²) >= 11 is 8.71. The summed E-state index contributed by atoms with van der Waals surface area (Å²) in [6, 6.07) is 63.9. The van der Waals surface area contributed by atoms with E-state index in [1.165, 1.54) is 47.6 Å². The summed E-state index contributed by atoms with van der Waals surface area (Å²) in [7, 11) is 0. The van der Waals surface area contributed by atoms with Gasteiger partial charge in [-0.2, -0.15) is 0 Å². The van der Waals surface area contributed by atoms with Crippen molar-refractivity contribution < 1.29 is 0 Å². The van der Waals surface area contributed by atoms with Crippen molar-refractivity contribution in [1.82, 2.24) is 5.32 Å². The summed E-state index contributed by atoms with van der Waals surface area (Å²) in [6.45, 7) is 0. The number of benzene rings is 8. The van der Waals surface area contributed by atoms with Gasteiger partial charge in [-0.15, -0.1) is 11.3 Å². The molecule has 1 unspecified atom stereocenters. The summed E-state index contributed by atoms with van der Waals surface area (Å²) in [6.07, 6.45) is -0.427. The highest BCUT2D eigenvalue weighted by atomic mass is 35.5. The zero-order chi connectivity index (χ0) is 36.0. The molecule has 256 valence electrons. The highest BCUT2D eigenvalue weighted by molar-refractivity contribution is 7.26. The number of rotatable bonds is 6. The van der Waals surface area contributed by atoms with Crippen LogP contribution >= 0.6 is 22.9 Å². The van der Waals surface area contributed by atoms with Crippen LogP contribution in [-0.4, -0.2) is 11.7 Å². The molecule has 0 spiro atoms. The minimum Gasteiger partial charge on any atom is -0.344 e. The number of halogens is 1. The first kappa shape index (κ1) is 32.3. The Morgan fingerprint density at radius 3 is 1.78 bits per heavy atom. The maximum absolute atomic E-state index is 6.88. The maximum atomic E-state index is 6.88. The molecular formula is C49H32ClN3S. The van der Waals surface area contributed by atoms with E-state index in [2.05, 4.69) is 157 Å². The topological polar surface area (TPSA) is 36.8 Å². The molecule has 0 saturated heterocycles. The average Bonchev–Trinajstić information content (AvgIpc) is 3.61. The van der Waals surface area contributed by atoms with Crippen LogP contribution in [-0.2, 0) is 0 Å². The van der Waals surface area contributed by atoms with Gasteiger partial charge in [0.05, 0.1) is 0 Å². The Hall–Kier alpha value is -6.33. The van der Waals surface area contributed by atoms with Gasteiger partial charge in [-0.25, -0.2) is 9.98 Å². The number of nitrogens with one attached hydrogen (secondary N) is 1. The van der Waals surface area contributed by atoms with Crippen molar-refractivity contribution in [2.24, 2.45) is 9.98 Å². The summed E-state index contributed by atoms with van der Waals surface area (Å²) in [5.41, 5.74) is 9.91. The lowest BCUT2D eigenvalue weighted by Crippen LogP contribution is -2.33. The second-order valence-corrected chi connectivity index (χ2v) is 15.0. The molecule has 3 nitrogen and oxygen atoms in total. The zero-order valence-electron chi connectivity index (χ0n) is 29.1. The molecule has 0 radical (unpaired) electrons. The molecule has 0 amide bonds. The molecule has 0 saturated carbocycles. The molecule has 0 aliphatic carbocycles. The van der Waals surface area contributed by atoms with Gasteiger partial charge < -0.3 is 5.32 Å². The predicted octanol–water partition coefficient (Wildman–Crippen LogP) is 13.4. The van der Waals surface area contributed by atoms with Crippen LogP contribution in [0.1, 0.15) is 22.9 Å². The number of hydrogen-bond donors (Lipinski definition) is 1. The van der Waals surface area contributed by atoms with Crippen LogP contribution in [0.3, 0.4) is 0 Å². The largest absolute Gasteiger partial charge is 0.344 e. The normalized spacial score (nSPS) is 14.2. The lowest BCUT2D eigenvalue weighted by atomic mass is 9.89. The number of aliphatic imine (C=N–C) groups is 2. The van der Waals surface area contributed by atoms with Crippen LogP contribution < -0.4 is 5.32 Å². The van der Waals surface area contributed by atoms with E-state index in [-0.39, 0.29) is 0 Å². The van der Waals surface area contributed by atoms with E-state index in [4.69, 9.17) is 21.6 Å². The fraction of sp³-hybridized carbons (Fsp3) is 0.0204. The first-order valence-electron chi connectivity index (χ1n) is 18.0. The second kappa shape index (κ2) is 13.6. The van der Waals surface area contributed by atoms with E-state index in [9.17, 15) is 0 Å². The highest BCUT2D eigenvalue weighted by Crippen LogP contribution is 2.46. The Bertz CT molecular complexity index is 2890. The van der Waals surface area contributed by atoms with E-state index < -0.39 is 6.17 Å². The molecule has 1 aromatic heterocycles. The molecule has 1 aliphatic heterocycles. The summed E-state index contributed by atoms with van der Waals surface area (Å²) in [5, 5.41) is 9.26. The Balaban J connectivity index is 1.10. The van der Waals surface area contributed by atoms with E-state index in [0.29, 0.717) is 10.9 Å². The van der Waals surface area contributed by atoms with Crippen LogP contribution in [0.2, 0.25) is 5.02 Å². The van der Waals surface area contributed by atoms with Gasteiger partial charge in [-0.3, -0.25) is 0 Å². The molecule has 2 heterocycles. The molecular weight excluding hydrogens is 698 g/mol. The maximum Gasteiger partial charge on any atom is 0.159 e. The molecule has 0 bridgehead atoms. The van der Waals surface area contributed by atoms with Crippen LogP contribution in [0.15, 0.2) is 192 Å². The van der Waals surface area contributed by atoms with Gasteiger partial charge in [-0.1, -0.05) is 169 Å². The monoisotopic (exact) mass is 729 g/mol. The van der Waals surface area contributed by atoms with Gasteiger partial charge in [0.25, 0.3) is 0 Å². The number of amidine groups is 2. The first-order chi connectivity index (χ1) is 26.7. The molecule has 54 heavy (non-hydrogen) atoms. The van der Waals surface area contributed by atoms with Gasteiger partial charge in [0.15, 0.2) is 5.84 Å². The van der Waals surface area contributed by atoms with E-state index in [1.54, 1.807) is 0 Å². The standard InChI is InChI=1S/C49H32ClN3S/c50-38-27-28-40(42(30-38)45-39-16-8-7-15-37(39)29-44-46(45)41-17-9-10-18-43(41)54-44)49-52-47(35-13-5-2-6-14-35)51-48(53-49)36-25-23-34(24-26-36)33-21-19-32(20-22-33)31-11-3-1-4-12-31/h1-30,49H,(H,51,52,53). The Morgan fingerprint density at radius 1 is 0.500 bits per heavy atom. The number of hydrogen-bond acceptors (Lipinski definition) is 4. The van der Waals surface area contributed by atoms with Gasteiger partial charge in [-0.05, 0) is 68.4 Å². The van der Waals surface area contributed by atoms with Crippen LogP contribution in [0.4, 0.5) is 0 Å². The SMILES string of the molecule is Clc1ccc(C2N=C(c3ccc(-c4ccc(-c5ccccc5)cc4)cc3)N=C(c3ccccc3)N2)c(-c2c3ccccc3cc3sc4ccccc4c23)c1. The van der Waals surface area contributed by atoms with Crippen molar-refractivity contribution in [1.29, 1.82) is 0 Å². The van der Waals surface area contributed by atoms with Crippen LogP contribution in [0, 0.1) is 0 Å². The number of nitrogens with zero attached hydrogens (tertiary/aromatic N) is 2. The van der Waals surface area contributed by atoms with Gasteiger partial charge in [0.1, 0.15) is 12.0 Å². The van der Waals surface area contributed by atoms with Crippen LogP contribution in [0.5, 0.6) is 0 Å². The molecule has 1 aliphatic rings. The zero-order valence-corrected chi connectivity index (χ0v) is 30.7. The van der Waals surface area contributed by atoms with Gasteiger partial charge in [0.2, 0.25) is 0 Å². The van der Waals surface area contributed by atoms with Crippen molar-refractivity contribution in [3.05, 3.63) is 204 Å². The molecule has 10 rings (SSSR count).